The standard InChI is InChI=1S/C23H26N8O/c1-14-9-30(10-15(2)32-14)22-8-20(28-13-29-22)23(27)18-7-16(3-5-19(18)25)17-4-6-21(26)31(11-17)12-24/h3-8,11-15,24,26-27H,9-10,25H2,1-2H3/t14-,15+. The van der Waals surface area contributed by atoms with Gasteiger partial charge in [0.15, 0.2) is 0 Å². The van der Waals surface area contributed by atoms with Crippen LogP contribution in [-0.4, -0.2) is 51.9 Å². The smallest absolute Gasteiger partial charge is 0.132 e. The summed E-state index contributed by atoms with van der Waals surface area (Å²) >= 11 is 0. The number of pyridine rings is 1. The molecule has 0 bridgehead atoms. The van der Waals surface area contributed by atoms with Crippen molar-refractivity contribution >= 4 is 23.6 Å². The summed E-state index contributed by atoms with van der Waals surface area (Å²) in [6.45, 7) is 5.53. The van der Waals surface area contributed by atoms with E-state index in [1.165, 1.54) is 10.9 Å². The fraction of sp³-hybridized carbons (Fsp3) is 0.261. The molecule has 164 valence electrons. The minimum Gasteiger partial charge on any atom is -0.398 e. The fourth-order valence-corrected chi connectivity index (χ4v) is 3.91. The van der Waals surface area contributed by atoms with E-state index in [1.54, 1.807) is 18.3 Å². The first-order valence-electron chi connectivity index (χ1n) is 10.3. The van der Waals surface area contributed by atoms with Crippen LogP contribution in [0, 0.1) is 16.2 Å². The Bertz CT molecular complexity index is 1220. The number of nitrogens with one attached hydrogen (secondary N) is 3. The van der Waals surface area contributed by atoms with E-state index in [9.17, 15) is 0 Å². The summed E-state index contributed by atoms with van der Waals surface area (Å²) in [5.74, 6) is 0.759. The molecule has 1 aromatic carbocycles. The molecule has 0 radical (unpaired) electrons. The molecule has 1 fully saturated rings. The Morgan fingerprint density at radius 2 is 1.81 bits per heavy atom. The highest BCUT2D eigenvalue weighted by atomic mass is 16.5. The number of benzene rings is 1. The van der Waals surface area contributed by atoms with E-state index in [2.05, 4.69) is 14.9 Å². The third kappa shape index (κ3) is 4.28. The van der Waals surface area contributed by atoms with Gasteiger partial charge in [0.1, 0.15) is 17.6 Å². The lowest BCUT2D eigenvalue weighted by atomic mass is 9.99. The highest BCUT2D eigenvalue weighted by molar-refractivity contribution is 6.13. The zero-order chi connectivity index (χ0) is 22.8. The first-order chi connectivity index (χ1) is 15.4. The van der Waals surface area contributed by atoms with Crippen LogP contribution in [0.4, 0.5) is 11.5 Å². The number of nitrogens with zero attached hydrogens (tertiary/aromatic N) is 4. The van der Waals surface area contributed by atoms with Gasteiger partial charge in [-0.25, -0.2) is 9.97 Å². The summed E-state index contributed by atoms with van der Waals surface area (Å²) in [7, 11) is 0. The third-order valence-corrected chi connectivity index (χ3v) is 5.42. The van der Waals surface area contributed by atoms with Crippen LogP contribution in [0.3, 0.4) is 0 Å². The highest BCUT2D eigenvalue weighted by Gasteiger charge is 2.24. The maximum atomic E-state index is 8.79. The summed E-state index contributed by atoms with van der Waals surface area (Å²) in [6.07, 6.45) is 4.47. The first kappa shape index (κ1) is 21.4. The summed E-state index contributed by atoms with van der Waals surface area (Å²) in [5, 5.41) is 24.1. The Hall–Kier alpha value is -3.85. The summed E-state index contributed by atoms with van der Waals surface area (Å²) < 4.78 is 7.22. The molecular formula is C23H26N8O. The number of morpholine rings is 1. The number of nitrogen functional groups attached to an aromatic ring is 1. The number of ether oxygens (including phenoxy) is 1. The Morgan fingerprint density at radius 3 is 2.53 bits per heavy atom. The molecule has 0 spiro atoms. The van der Waals surface area contributed by atoms with Gasteiger partial charge < -0.3 is 15.4 Å². The number of hydrogen-bond donors (Lipinski definition) is 4. The monoisotopic (exact) mass is 430 g/mol. The maximum Gasteiger partial charge on any atom is 0.132 e. The SMILES string of the molecule is C[C@@H]1CN(c2cc(C(=N)c3cc(-c4ccc(=N)n(C=N)c4)ccc3N)ncn2)C[C@H](C)O1. The van der Waals surface area contributed by atoms with Crippen molar-refractivity contribution in [3.05, 3.63) is 65.7 Å². The van der Waals surface area contributed by atoms with Crippen LogP contribution in [0.25, 0.3) is 11.1 Å². The van der Waals surface area contributed by atoms with E-state index in [4.69, 9.17) is 26.7 Å². The van der Waals surface area contributed by atoms with Gasteiger partial charge in [-0.05, 0) is 49.2 Å². The van der Waals surface area contributed by atoms with E-state index in [-0.39, 0.29) is 23.4 Å². The van der Waals surface area contributed by atoms with Crippen LogP contribution >= 0.6 is 0 Å². The lowest BCUT2D eigenvalue weighted by molar-refractivity contribution is -0.00546. The Morgan fingerprint density at radius 1 is 1.09 bits per heavy atom. The van der Waals surface area contributed by atoms with E-state index < -0.39 is 0 Å². The van der Waals surface area contributed by atoms with Gasteiger partial charge >= 0.3 is 0 Å². The summed E-state index contributed by atoms with van der Waals surface area (Å²) in [5.41, 5.74) is 9.82. The van der Waals surface area contributed by atoms with E-state index in [0.29, 0.717) is 16.9 Å². The van der Waals surface area contributed by atoms with Crippen molar-refractivity contribution in [2.75, 3.05) is 23.7 Å². The normalized spacial score (nSPS) is 18.4. The van der Waals surface area contributed by atoms with Crippen LogP contribution < -0.4 is 16.1 Å². The lowest BCUT2D eigenvalue weighted by Gasteiger charge is -2.36. The molecule has 4 rings (SSSR count). The molecule has 0 saturated carbocycles. The largest absolute Gasteiger partial charge is 0.398 e. The molecular weight excluding hydrogens is 404 g/mol. The molecule has 2 atom stereocenters. The van der Waals surface area contributed by atoms with Crippen molar-refractivity contribution < 1.29 is 4.74 Å². The molecule has 1 saturated heterocycles. The molecule has 5 N–H and O–H groups in total. The van der Waals surface area contributed by atoms with Gasteiger partial charge in [0, 0.05) is 36.6 Å². The molecule has 32 heavy (non-hydrogen) atoms. The molecule has 3 heterocycles. The van der Waals surface area contributed by atoms with Crippen molar-refractivity contribution in [3.63, 3.8) is 0 Å². The molecule has 1 aliphatic heterocycles. The fourth-order valence-electron chi connectivity index (χ4n) is 3.91. The average Bonchev–Trinajstić information content (AvgIpc) is 2.79. The zero-order valence-electron chi connectivity index (χ0n) is 18.0. The van der Waals surface area contributed by atoms with Crippen molar-refractivity contribution in [2.45, 2.75) is 26.1 Å². The Labute approximate surface area is 186 Å². The van der Waals surface area contributed by atoms with Crippen molar-refractivity contribution in [3.8, 4) is 11.1 Å². The molecule has 3 aromatic rings. The average molecular weight is 431 g/mol. The number of aromatic nitrogens is 3. The van der Waals surface area contributed by atoms with Crippen LogP contribution in [0.1, 0.15) is 25.1 Å². The first-order valence-corrected chi connectivity index (χ1v) is 10.3. The van der Waals surface area contributed by atoms with Crippen LogP contribution in [0.15, 0.2) is 48.9 Å². The molecule has 9 nitrogen and oxygen atoms in total. The number of rotatable bonds is 5. The Kier molecular flexibility index (Phi) is 5.83. The van der Waals surface area contributed by atoms with Gasteiger partial charge in [-0.2, -0.15) is 0 Å². The van der Waals surface area contributed by atoms with Crippen LogP contribution in [0.5, 0.6) is 0 Å². The zero-order valence-corrected chi connectivity index (χ0v) is 18.0. The van der Waals surface area contributed by atoms with Gasteiger partial charge in [0.05, 0.1) is 30.0 Å². The van der Waals surface area contributed by atoms with Crippen molar-refractivity contribution in [2.24, 2.45) is 0 Å². The number of hydrogen-bond acceptors (Lipinski definition) is 8. The highest BCUT2D eigenvalue weighted by Crippen LogP contribution is 2.26. The van der Waals surface area contributed by atoms with Gasteiger partial charge in [0.2, 0.25) is 0 Å². The maximum absolute atomic E-state index is 8.79. The molecule has 0 aliphatic carbocycles. The second-order valence-electron chi connectivity index (χ2n) is 7.94. The second kappa shape index (κ2) is 8.72. The molecule has 0 amide bonds. The predicted molar refractivity (Wildman–Crippen MR) is 125 cm³/mol. The molecule has 0 unspecified atom stereocenters. The van der Waals surface area contributed by atoms with Gasteiger partial charge in [-0.3, -0.25) is 20.8 Å². The van der Waals surface area contributed by atoms with Crippen LogP contribution in [-0.2, 0) is 4.74 Å². The van der Waals surface area contributed by atoms with Crippen LogP contribution in [0.2, 0.25) is 0 Å². The lowest BCUT2D eigenvalue weighted by Crippen LogP contribution is -2.45. The topological polar surface area (TPSA) is 141 Å². The Balaban J connectivity index is 1.67. The third-order valence-electron chi connectivity index (χ3n) is 5.42. The minimum atomic E-state index is 0.0998. The van der Waals surface area contributed by atoms with E-state index in [1.807, 2.05) is 38.1 Å². The second-order valence-corrected chi connectivity index (χ2v) is 7.94. The molecule has 1 aliphatic rings. The molecule has 9 heteroatoms. The minimum absolute atomic E-state index is 0.0998. The number of anilines is 2. The summed E-state index contributed by atoms with van der Waals surface area (Å²) in [4.78, 5) is 10.9. The van der Waals surface area contributed by atoms with Crippen molar-refractivity contribution in [1.82, 2.24) is 14.5 Å². The molecule has 2 aromatic heterocycles. The quantitative estimate of drug-likeness (QED) is 0.280. The van der Waals surface area contributed by atoms with Gasteiger partial charge in [0.25, 0.3) is 0 Å². The van der Waals surface area contributed by atoms with E-state index in [0.717, 1.165) is 36.4 Å². The number of nitrogens with two attached hydrogens (primary N) is 1. The van der Waals surface area contributed by atoms with Crippen molar-refractivity contribution in [1.29, 1.82) is 16.2 Å². The van der Waals surface area contributed by atoms with Gasteiger partial charge in [-0.15, -0.1) is 0 Å². The van der Waals surface area contributed by atoms with Gasteiger partial charge in [-0.1, -0.05) is 6.07 Å². The van der Waals surface area contributed by atoms with E-state index >= 15 is 0 Å². The summed E-state index contributed by atoms with van der Waals surface area (Å²) in [6, 6.07) is 10.7. The predicted octanol–water partition coefficient (Wildman–Crippen LogP) is 2.49.